The van der Waals surface area contributed by atoms with Gasteiger partial charge >= 0.3 is 6.18 Å². The highest BCUT2D eigenvalue weighted by Crippen LogP contribution is 2.48. The number of alkyl halides is 3. The van der Waals surface area contributed by atoms with Crippen LogP contribution in [0.15, 0.2) is 164 Å². The van der Waals surface area contributed by atoms with Gasteiger partial charge < -0.3 is 0 Å². The van der Waals surface area contributed by atoms with Gasteiger partial charge in [-0.1, -0.05) is 565 Å². The third kappa shape index (κ3) is 40.8. The summed E-state index contributed by atoms with van der Waals surface area (Å²) in [6.07, 6.45) is 3.28. The lowest BCUT2D eigenvalue weighted by atomic mass is 9.66. The number of rotatable bonds is 14. The quantitative estimate of drug-likeness (QED) is 0.102. The van der Waals surface area contributed by atoms with Crippen molar-refractivity contribution in [3.63, 3.8) is 0 Å². The van der Waals surface area contributed by atoms with Gasteiger partial charge in [0.1, 0.15) is 0 Å². The van der Waals surface area contributed by atoms with Crippen molar-refractivity contribution in [1.29, 1.82) is 0 Å². The molecule has 0 aliphatic rings. The molecule has 0 aliphatic carbocycles. The highest BCUT2D eigenvalue weighted by molar-refractivity contribution is 5.52. The molecule has 140 heavy (non-hydrogen) atoms. The van der Waals surface area contributed by atoms with Crippen LogP contribution in [0.2, 0.25) is 0 Å². The van der Waals surface area contributed by atoms with Crippen molar-refractivity contribution in [2.24, 2.45) is 5.41 Å². The first-order valence-corrected chi connectivity index (χ1v) is 54.3. The highest BCUT2D eigenvalue weighted by Gasteiger charge is 2.48. The predicted octanol–water partition coefficient (Wildman–Crippen LogP) is 44.0. The van der Waals surface area contributed by atoms with E-state index in [0.29, 0.717) is 0 Å². The molecule has 0 spiro atoms. The van der Waals surface area contributed by atoms with Crippen LogP contribution in [0.4, 0.5) is 13.2 Å². The Morgan fingerprint density at radius 2 is 0.421 bits per heavy atom. The minimum atomic E-state index is -4.18. The van der Waals surface area contributed by atoms with E-state index in [1.807, 2.05) is 32.9 Å². The van der Waals surface area contributed by atoms with Crippen LogP contribution in [0, 0.1) is 5.41 Å². The molecule has 0 nitrogen and oxygen atoms in total. The first-order chi connectivity index (χ1) is 63.7. The van der Waals surface area contributed by atoms with E-state index in [-0.39, 0.29) is 93.1 Å². The van der Waals surface area contributed by atoms with Gasteiger partial charge in [0.2, 0.25) is 0 Å². The number of halogens is 3. The Kier molecular flexibility index (Phi) is 45.6. The second-order valence-electron chi connectivity index (χ2n) is 57.6. The molecule has 0 aromatic heterocycles. The maximum Gasteiger partial charge on any atom is 0.394 e. The second kappa shape index (κ2) is 50.8. The zero-order chi connectivity index (χ0) is 113. The summed E-state index contributed by atoms with van der Waals surface area (Å²) >= 11 is 0. The summed E-state index contributed by atoms with van der Waals surface area (Å²) in [6.45, 7) is 129. The fourth-order valence-corrected chi connectivity index (χ4v) is 18.6. The SMILES string of the molecule is CC(C)(C)c1cc(C(C)(C)C)c(C(C)(C)C)c(C(C)(C)C)c1.CC(C)(C)c1cc(C(C)(C)C)cc(C(C)(C)C)c1.CC(C)(C)c1ccc(C(C)(C)C)c(C(C)(C)C)c1.CC(C)(C)c1ccccc1C(C)(C)C.CC(C)(C)c1ccccc1CC(C)(C)C(F)(F)F.CCC(CC)c1ccccc1C(C)(C)C.[2H]C(CC)(CC)c1cccc(C([2H])(CC)CC)c1C(C)(C)C.[2H]C(CC)(CC)c1ccccc1C(C)(C)C. The molecule has 0 aliphatic heterocycles. The van der Waals surface area contributed by atoms with Crippen LogP contribution in [0.5, 0.6) is 0 Å². The number of hydrogen-bond donors (Lipinski definition) is 0. The topological polar surface area (TPSA) is 0 Å². The summed E-state index contributed by atoms with van der Waals surface area (Å²) in [7, 11) is 0. The van der Waals surface area contributed by atoms with Crippen LogP contribution in [-0.2, 0) is 93.1 Å². The van der Waals surface area contributed by atoms with Crippen LogP contribution in [-0.4, -0.2) is 6.18 Å². The van der Waals surface area contributed by atoms with Crippen LogP contribution in [0.3, 0.4) is 0 Å². The molecule has 0 N–H and O–H groups in total. The van der Waals surface area contributed by atoms with Gasteiger partial charge in [-0.3, -0.25) is 0 Å². The molecule has 8 aromatic carbocycles. The molecule has 3 heteroatoms. The molecular weight excluding hydrogens is 1700 g/mol. The molecule has 0 fully saturated rings. The molecule has 792 valence electrons. The Hall–Kier alpha value is -6.45. The van der Waals surface area contributed by atoms with E-state index in [9.17, 15) is 13.2 Å². The number of hydrogen-bond acceptors (Lipinski definition) is 0. The normalized spacial score (nSPS) is 13.8. The molecule has 0 amide bonds. The van der Waals surface area contributed by atoms with Crippen LogP contribution in [0.1, 0.15) is 597 Å². The maximum atomic E-state index is 12.9. The average molecular weight is 1930 g/mol. The van der Waals surface area contributed by atoms with Gasteiger partial charge in [-0.05, 0) is 285 Å². The molecule has 8 aromatic rings. The van der Waals surface area contributed by atoms with E-state index < -0.39 is 29.3 Å². The van der Waals surface area contributed by atoms with Gasteiger partial charge in [-0.25, -0.2) is 0 Å². The summed E-state index contributed by atoms with van der Waals surface area (Å²) in [5.41, 5.74) is 29.4. The molecule has 0 saturated carbocycles. The third-order valence-electron chi connectivity index (χ3n) is 27.6. The Balaban J connectivity index is 0.000000820. The largest absolute Gasteiger partial charge is 0.394 e. The minimum Gasteiger partial charge on any atom is -0.171 e. The van der Waals surface area contributed by atoms with E-state index in [0.717, 1.165) is 66.7 Å². The first-order valence-electron chi connectivity index (χ1n) is 55.8. The fraction of sp³-hybridized carbons (Fsp3) is 0.650. The Morgan fingerprint density at radius 3 is 0.686 bits per heavy atom. The van der Waals surface area contributed by atoms with Crippen molar-refractivity contribution in [3.8, 4) is 0 Å². The zero-order valence-corrected chi connectivity index (χ0v) is 103. The van der Waals surface area contributed by atoms with Gasteiger partial charge in [-0.15, -0.1) is 0 Å². The first kappa shape index (κ1) is 126. The lowest BCUT2D eigenvalue weighted by Gasteiger charge is -2.38. The van der Waals surface area contributed by atoms with Crippen molar-refractivity contribution in [2.75, 3.05) is 0 Å². The zero-order valence-electron chi connectivity index (χ0n) is 106. The highest BCUT2D eigenvalue weighted by atomic mass is 19.4. The number of benzene rings is 8. The lowest BCUT2D eigenvalue weighted by molar-refractivity contribution is -0.211. The van der Waals surface area contributed by atoms with Crippen molar-refractivity contribution < 1.29 is 17.3 Å². The van der Waals surface area contributed by atoms with Gasteiger partial charge in [-0.2, -0.15) is 13.2 Å². The standard InChI is InChI=1S/C22H38.C20H34.2C18H30.C15H21F3.2C15H24.C14H22/c1-19(2,3)15-13-16(20(4,5)6)18(22(10,11)12)17(14-15)21(7,8)9;1-8-15(9-2)17-13-12-14-18(16(10-3)11-4)19(17)20(5,6)7;1-16(2,3)13-10-14(17(4,5)6)12-15(11-13)18(7,8)9;1-16(2,3)13-10-11-14(17(4,5)6)15(12-13)18(7,8)9;1-13(2,3)12-9-7-6-8-11(12)10-14(4,5)15(16,17)18;2*1-6-12(7-2)13-10-8-9-11-14(13)15(3,4)5;1-13(2,3)11-9-7-8-10-12(11)14(4,5)6/h13-14H,1-12H3;12-16H,8-11H2,1-7H3;2*10-12H,1-9H3;6-9H,10H2,1-5H3;2*8-12H,6-7H2,1-5H3;7-10H,1-6H3/i;15D,16D;;;;12D;;. The Morgan fingerprint density at radius 1 is 0.193 bits per heavy atom. The predicted molar refractivity (Wildman–Crippen MR) is 628 cm³/mol. The molecule has 0 bridgehead atoms. The summed E-state index contributed by atoms with van der Waals surface area (Å²) in [5.74, 6) is -0.813. The van der Waals surface area contributed by atoms with Crippen LogP contribution < -0.4 is 0 Å². The average Bonchev–Trinajstić information content (AvgIpc) is 0.780. The second-order valence-corrected chi connectivity index (χ2v) is 57.6. The van der Waals surface area contributed by atoms with Crippen molar-refractivity contribution in [2.45, 2.75) is 576 Å². The molecule has 0 atom stereocenters. The van der Waals surface area contributed by atoms with Crippen LogP contribution >= 0.6 is 0 Å². The summed E-state index contributed by atoms with van der Waals surface area (Å²) in [5, 5.41) is 0. The maximum absolute atomic E-state index is 12.9. The van der Waals surface area contributed by atoms with E-state index >= 15 is 0 Å². The van der Waals surface area contributed by atoms with Crippen molar-refractivity contribution in [3.05, 3.63) is 281 Å². The van der Waals surface area contributed by atoms with Gasteiger partial charge in [0.15, 0.2) is 0 Å². The molecule has 0 saturated heterocycles. The summed E-state index contributed by atoms with van der Waals surface area (Å²) in [4.78, 5) is 0. The smallest absolute Gasteiger partial charge is 0.171 e. The van der Waals surface area contributed by atoms with Crippen molar-refractivity contribution in [1.82, 2.24) is 0 Å². The van der Waals surface area contributed by atoms with E-state index in [2.05, 4.69) is 506 Å². The molecule has 0 radical (unpaired) electrons. The van der Waals surface area contributed by atoms with Gasteiger partial charge in [0.25, 0.3) is 0 Å². The monoisotopic (exact) mass is 1930 g/mol. The minimum absolute atomic E-state index is 0.0178. The molecular formula is C137H223F3. The third-order valence-corrected chi connectivity index (χ3v) is 27.6. The molecule has 8 rings (SSSR count). The fourth-order valence-electron chi connectivity index (χ4n) is 18.6. The summed E-state index contributed by atoms with van der Waals surface area (Å²) in [6, 6.07) is 59.0. The Bertz CT molecular complexity index is 5000. The van der Waals surface area contributed by atoms with E-state index in [4.69, 9.17) is 4.11 Å². The van der Waals surface area contributed by atoms with E-state index in [1.54, 1.807) is 23.3 Å². The van der Waals surface area contributed by atoms with Gasteiger partial charge in [0, 0.05) is 4.11 Å². The summed E-state index contributed by atoms with van der Waals surface area (Å²) < 4.78 is 65.3. The molecule has 0 heterocycles. The van der Waals surface area contributed by atoms with Crippen LogP contribution in [0.25, 0.3) is 0 Å². The molecule has 0 unspecified atom stereocenters. The van der Waals surface area contributed by atoms with Gasteiger partial charge in [0.05, 0.1) is 5.41 Å². The lowest BCUT2D eigenvalue weighted by Crippen LogP contribution is -2.34. The van der Waals surface area contributed by atoms with E-state index in [1.165, 1.54) is 110 Å². The van der Waals surface area contributed by atoms with Crippen molar-refractivity contribution >= 4 is 0 Å². The Labute approximate surface area is 873 Å².